The van der Waals surface area contributed by atoms with E-state index < -0.39 is 11.2 Å². The summed E-state index contributed by atoms with van der Waals surface area (Å²) < 4.78 is 11.1. The molecule has 1 aliphatic carbocycles. The van der Waals surface area contributed by atoms with Gasteiger partial charge in [0, 0.05) is 11.1 Å². The van der Waals surface area contributed by atoms with Gasteiger partial charge >= 0.3 is 11.9 Å². The van der Waals surface area contributed by atoms with Crippen LogP contribution < -0.4 is 0 Å². The van der Waals surface area contributed by atoms with E-state index in [-0.39, 0.29) is 11.9 Å². The summed E-state index contributed by atoms with van der Waals surface area (Å²) in [5.41, 5.74) is -0.0206. The molecule has 0 heterocycles. The van der Waals surface area contributed by atoms with Crippen molar-refractivity contribution in [3.8, 4) is 0 Å². The van der Waals surface area contributed by atoms with Crippen molar-refractivity contribution in [1.29, 1.82) is 0 Å². The van der Waals surface area contributed by atoms with E-state index in [4.69, 9.17) is 9.47 Å². The van der Waals surface area contributed by atoms with Crippen LogP contribution in [0.25, 0.3) is 0 Å². The highest BCUT2D eigenvalue weighted by Gasteiger charge is 2.31. The molecule has 0 saturated heterocycles. The zero-order valence-corrected chi connectivity index (χ0v) is 14.9. The Bertz CT molecular complexity index is 416. The first-order valence-electron chi connectivity index (χ1n) is 8.30. The third kappa shape index (κ3) is 5.15. The van der Waals surface area contributed by atoms with Gasteiger partial charge in [-0.15, -0.1) is 0 Å². The summed E-state index contributed by atoms with van der Waals surface area (Å²) >= 11 is 0. The van der Waals surface area contributed by atoms with Crippen LogP contribution in [-0.4, -0.2) is 23.1 Å². The monoisotopic (exact) mass is 310 g/mol. The normalized spacial score (nSPS) is 16.5. The van der Waals surface area contributed by atoms with Gasteiger partial charge in [-0.05, 0) is 66.2 Å². The van der Waals surface area contributed by atoms with Crippen molar-refractivity contribution in [1.82, 2.24) is 0 Å². The second-order valence-electron chi connectivity index (χ2n) is 7.17. The number of carbonyl (C=O) groups excluding carboxylic acids is 2. The SMILES string of the molecule is CCC(C)(C)OC(=O)C1=C(C(=O)OC(C)(C)CC)CCCC1. The summed E-state index contributed by atoms with van der Waals surface area (Å²) in [5, 5.41) is 0. The van der Waals surface area contributed by atoms with Gasteiger partial charge in [0.05, 0.1) is 0 Å². The molecule has 0 unspecified atom stereocenters. The second-order valence-corrected chi connectivity index (χ2v) is 7.17. The molecule has 0 saturated carbocycles. The van der Waals surface area contributed by atoms with Crippen LogP contribution in [0.5, 0.6) is 0 Å². The highest BCUT2D eigenvalue weighted by Crippen LogP contribution is 2.30. The molecule has 22 heavy (non-hydrogen) atoms. The summed E-state index contributed by atoms with van der Waals surface area (Å²) in [6, 6.07) is 0. The fourth-order valence-electron chi connectivity index (χ4n) is 2.13. The molecule has 0 bridgehead atoms. The van der Waals surface area contributed by atoms with Gasteiger partial charge in [0.1, 0.15) is 11.2 Å². The Labute approximate surface area is 134 Å². The van der Waals surface area contributed by atoms with E-state index in [2.05, 4.69) is 0 Å². The summed E-state index contributed by atoms with van der Waals surface area (Å²) in [5.74, 6) is -0.736. The third-order valence-corrected chi connectivity index (χ3v) is 4.40. The lowest BCUT2D eigenvalue weighted by atomic mass is 9.91. The average molecular weight is 310 g/mol. The fourth-order valence-corrected chi connectivity index (χ4v) is 2.13. The highest BCUT2D eigenvalue weighted by atomic mass is 16.6. The quantitative estimate of drug-likeness (QED) is 0.686. The number of carbonyl (C=O) groups is 2. The Kier molecular flexibility index (Phi) is 6.21. The van der Waals surface area contributed by atoms with Crippen LogP contribution >= 0.6 is 0 Å². The molecule has 0 aromatic heterocycles. The van der Waals surface area contributed by atoms with E-state index in [1.807, 2.05) is 41.5 Å². The van der Waals surface area contributed by atoms with E-state index in [1.54, 1.807) is 0 Å². The summed E-state index contributed by atoms with van der Waals surface area (Å²) in [6.45, 7) is 11.5. The van der Waals surface area contributed by atoms with Crippen LogP contribution in [0.3, 0.4) is 0 Å². The fraction of sp³-hybridized carbons (Fsp3) is 0.778. The zero-order valence-electron chi connectivity index (χ0n) is 14.9. The summed E-state index contributed by atoms with van der Waals surface area (Å²) in [4.78, 5) is 24.9. The van der Waals surface area contributed by atoms with Gasteiger partial charge < -0.3 is 9.47 Å². The molecular formula is C18H30O4. The minimum atomic E-state index is -0.515. The van der Waals surface area contributed by atoms with Gasteiger partial charge in [-0.3, -0.25) is 0 Å². The lowest BCUT2D eigenvalue weighted by Gasteiger charge is -2.28. The first-order valence-corrected chi connectivity index (χ1v) is 8.30. The van der Waals surface area contributed by atoms with E-state index in [9.17, 15) is 9.59 Å². The van der Waals surface area contributed by atoms with Gasteiger partial charge in [-0.25, -0.2) is 9.59 Å². The third-order valence-electron chi connectivity index (χ3n) is 4.40. The molecule has 4 heteroatoms. The van der Waals surface area contributed by atoms with Crippen molar-refractivity contribution in [2.24, 2.45) is 0 Å². The topological polar surface area (TPSA) is 52.6 Å². The number of hydrogen-bond acceptors (Lipinski definition) is 4. The number of esters is 2. The van der Waals surface area contributed by atoms with Crippen LogP contribution in [-0.2, 0) is 19.1 Å². The van der Waals surface area contributed by atoms with E-state index >= 15 is 0 Å². The molecule has 0 radical (unpaired) electrons. The van der Waals surface area contributed by atoms with Gasteiger partial charge in [0.25, 0.3) is 0 Å². The first kappa shape index (κ1) is 18.7. The maximum absolute atomic E-state index is 12.4. The lowest BCUT2D eigenvalue weighted by molar-refractivity contribution is -0.156. The second kappa shape index (κ2) is 7.30. The van der Waals surface area contributed by atoms with E-state index in [0.29, 0.717) is 24.0 Å². The maximum atomic E-state index is 12.4. The van der Waals surface area contributed by atoms with E-state index in [0.717, 1.165) is 25.7 Å². The molecule has 0 aromatic rings. The van der Waals surface area contributed by atoms with Gasteiger partial charge in [0.15, 0.2) is 0 Å². The summed E-state index contributed by atoms with van der Waals surface area (Å²) in [7, 11) is 0. The molecule has 0 aliphatic heterocycles. The van der Waals surface area contributed by atoms with Crippen molar-refractivity contribution in [2.75, 3.05) is 0 Å². The lowest BCUT2D eigenvalue weighted by Crippen LogP contribution is -2.32. The van der Waals surface area contributed by atoms with Crippen LogP contribution in [0, 0.1) is 0 Å². The summed E-state index contributed by atoms with van der Waals surface area (Å²) in [6.07, 6.45) is 4.46. The maximum Gasteiger partial charge on any atom is 0.335 e. The molecule has 0 fully saturated rings. The Balaban J connectivity index is 2.98. The van der Waals surface area contributed by atoms with Crippen molar-refractivity contribution < 1.29 is 19.1 Å². The molecular weight excluding hydrogens is 280 g/mol. The molecule has 0 spiro atoms. The van der Waals surface area contributed by atoms with Crippen LogP contribution in [0.4, 0.5) is 0 Å². The Morgan fingerprint density at radius 3 is 1.41 bits per heavy atom. The largest absolute Gasteiger partial charge is 0.456 e. The Morgan fingerprint density at radius 2 is 1.14 bits per heavy atom. The minimum absolute atomic E-state index is 0.368. The molecule has 0 aromatic carbocycles. The van der Waals surface area contributed by atoms with Crippen molar-refractivity contribution in [2.45, 2.75) is 91.3 Å². The molecule has 0 amide bonds. The number of ether oxygens (including phenoxy) is 2. The molecule has 0 N–H and O–H groups in total. The predicted molar refractivity (Wildman–Crippen MR) is 86.4 cm³/mol. The van der Waals surface area contributed by atoms with Crippen LogP contribution in [0.1, 0.15) is 80.1 Å². The van der Waals surface area contributed by atoms with Crippen LogP contribution in [0.2, 0.25) is 0 Å². The average Bonchev–Trinajstić information content (AvgIpc) is 2.46. The van der Waals surface area contributed by atoms with Gasteiger partial charge in [-0.1, -0.05) is 13.8 Å². The number of hydrogen-bond donors (Lipinski definition) is 0. The molecule has 4 nitrogen and oxygen atoms in total. The highest BCUT2D eigenvalue weighted by molar-refractivity contribution is 6.00. The van der Waals surface area contributed by atoms with Crippen molar-refractivity contribution in [3.05, 3.63) is 11.1 Å². The Hall–Kier alpha value is -1.32. The minimum Gasteiger partial charge on any atom is -0.456 e. The predicted octanol–water partition coefficient (Wildman–Crippen LogP) is 4.32. The van der Waals surface area contributed by atoms with Crippen molar-refractivity contribution in [3.63, 3.8) is 0 Å². The standard InChI is InChI=1S/C18H30O4/c1-7-17(3,4)21-15(19)13-11-9-10-12-14(13)16(20)22-18(5,6)8-2/h7-12H2,1-6H3. The van der Waals surface area contributed by atoms with Crippen LogP contribution in [0.15, 0.2) is 11.1 Å². The smallest absolute Gasteiger partial charge is 0.335 e. The molecule has 0 atom stereocenters. The van der Waals surface area contributed by atoms with Gasteiger partial charge in [0.2, 0.25) is 0 Å². The van der Waals surface area contributed by atoms with Gasteiger partial charge in [-0.2, -0.15) is 0 Å². The first-order chi connectivity index (χ1) is 10.1. The zero-order chi connectivity index (χ0) is 17.0. The molecule has 1 rings (SSSR count). The molecule has 126 valence electrons. The van der Waals surface area contributed by atoms with Crippen molar-refractivity contribution >= 4 is 11.9 Å². The Morgan fingerprint density at radius 1 is 0.818 bits per heavy atom. The van der Waals surface area contributed by atoms with E-state index in [1.165, 1.54) is 0 Å². The molecule has 1 aliphatic rings. The number of rotatable bonds is 6.